The maximum Gasteiger partial charge on any atom is 0.222 e. The molecule has 1 saturated carbocycles. The van der Waals surface area contributed by atoms with Crippen LogP contribution in [-0.4, -0.2) is 50.8 Å². The van der Waals surface area contributed by atoms with E-state index in [4.69, 9.17) is 9.47 Å². The second kappa shape index (κ2) is 7.10. The number of hydrogen-bond acceptors (Lipinski definition) is 3. The van der Waals surface area contributed by atoms with Gasteiger partial charge >= 0.3 is 0 Å². The van der Waals surface area contributed by atoms with E-state index in [1.54, 1.807) is 7.11 Å². The van der Waals surface area contributed by atoms with Gasteiger partial charge in [-0.2, -0.15) is 0 Å². The van der Waals surface area contributed by atoms with Crippen molar-refractivity contribution in [2.24, 2.45) is 11.8 Å². The number of carbonyl (C=O) groups excluding carboxylic acids is 1. The van der Waals surface area contributed by atoms with Crippen LogP contribution >= 0.6 is 0 Å². The van der Waals surface area contributed by atoms with Crippen molar-refractivity contribution in [3.05, 3.63) is 0 Å². The number of hydrogen-bond donors (Lipinski definition) is 0. The van der Waals surface area contributed by atoms with Crippen molar-refractivity contribution in [1.82, 2.24) is 4.90 Å². The minimum absolute atomic E-state index is 0.266. The highest BCUT2D eigenvalue weighted by molar-refractivity contribution is 5.76. The highest BCUT2D eigenvalue weighted by Crippen LogP contribution is 2.34. The van der Waals surface area contributed by atoms with E-state index in [1.807, 2.05) is 4.90 Å². The number of amides is 1. The Bertz CT molecular complexity index is 266. The van der Waals surface area contributed by atoms with Crippen molar-refractivity contribution in [2.45, 2.75) is 32.1 Å². The molecule has 0 aromatic carbocycles. The van der Waals surface area contributed by atoms with Crippen LogP contribution in [0.4, 0.5) is 0 Å². The van der Waals surface area contributed by atoms with Gasteiger partial charge in [0.15, 0.2) is 0 Å². The Hall–Kier alpha value is -0.610. The van der Waals surface area contributed by atoms with Gasteiger partial charge in [-0.3, -0.25) is 4.79 Å². The first-order chi connectivity index (χ1) is 8.81. The highest BCUT2D eigenvalue weighted by atomic mass is 16.5. The van der Waals surface area contributed by atoms with E-state index in [0.717, 1.165) is 32.0 Å². The van der Waals surface area contributed by atoms with Gasteiger partial charge in [-0.15, -0.1) is 0 Å². The van der Waals surface area contributed by atoms with Crippen molar-refractivity contribution in [2.75, 3.05) is 40.0 Å². The third kappa shape index (κ3) is 3.69. The summed E-state index contributed by atoms with van der Waals surface area (Å²) in [5.74, 6) is 1.62. The lowest BCUT2D eigenvalue weighted by molar-refractivity contribution is -0.132. The van der Waals surface area contributed by atoms with Gasteiger partial charge in [0.1, 0.15) is 0 Å². The predicted octanol–water partition coefficient (Wildman–Crippen LogP) is 1.69. The minimum atomic E-state index is 0.266. The third-order valence-electron chi connectivity index (χ3n) is 4.20. The summed E-state index contributed by atoms with van der Waals surface area (Å²) in [7, 11) is 1.68. The molecule has 1 saturated heterocycles. The van der Waals surface area contributed by atoms with Crippen molar-refractivity contribution in [1.29, 1.82) is 0 Å². The molecule has 104 valence electrons. The fourth-order valence-electron chi connectivity index (χ4n) is 2.79. The normalized spacial score (nSPS) is 25.6. The second-order valence-electron chi connectivity index (χ2n) is 5.46. The third-order valence-corrected chi connectivity index (χ3v) is 4.20. The van der Waals surface area contributed by atoms with Crippen LogP contribution in [0.15, 0.2) is 0 Å². The molecule has 1 heterocycles. The Morgan fingerprint density at radius 1 is 1.39 bits per heavy atom. The maximum atomic E-state index is 12.1. The molecule has 4 heteroatoms. The number of ether oxygens (including phenoxy) is 2. The molecular weight excluding hydrogens is 230 g/mol. The minimum Gasteiger partial charge on any atom is -0.385 e. The predicted molar refractivity (Wildman–Crippen MR) is 69.3 cm³/mol. The zero-order chi connectivity index (χ0) is 12.8. The summed E-state index contributed by atoms with van der Waals surface area (Å²) in [6.45, 7) is 3.86. The van der Waals surface area contributed by atoms with Crippen LogP contribution in [0, 0.1) is 11.8 Å². The number of nitrogens with zero attached hydrogens (tertiary/aromatic N) is 1. The van der Waals surface area contributed by atoms with Crippen LogP contribution in [-0.2, 0) is 14.3 Å². The van der Waals surface area contributed by atoms with Crippen LogP contribution in [0.1, 0.15) is 32.1 Å². The lowest BCUT2D eigenvalue weighted by atomic mass is 9.76. The molecule has 1 atom stereocenters. The van der Waals surface area contributed by atoms with Crippen LogP contribution in [0.2, 0.25) is 0 Å². The lowest BCUT2D eigenvalue weighted by Gasteiger charge is -2.34. The van der Waals surface area contributed by atoms with Crippen LogP contribution < -0.4 is 0 Å². The van der Waals surface area contributed by atoms with Crippen LogP contribution in [0.5, 0.6) is 0 Å². The molecule has 0 spiro atoms. The number of carbonyl (C=O) groups is 1. The molecule has 2 rings (SSSR count). The Balaban J connectivity index is 1.80. The van der Waals surface area contributed by atoms with Gasteiger partial charge in [0.05, 0.1) is 13.2 Å². The average Bonchev–Trinajstić information content (AvgIpc) is 2.53. The van der Waals surface area contributed by atoms with Gasteiger partial charge in [-0.1, -0.05) is 19.3 Å². The first-order valence-corrected chi connectivity index (χ1v) is 7.15. The van der Waals surface area contributed by atoms with E-state index in [0.29, 0.717) is 25.6 Å². The van der Waals surface area contributed by atoms with Crippen molar-refractivity contribution in [3.63, 3.8) is 0 Å². The van der Waals surface area contributed by atoms with Crippen LogP contribution in [0.25, 0.3) is 0 Å². The largest absolute Gasteiger partial charge is 0.385 e. The summed E-state index contributed by atoms with van der Waals surface area (Å²) in [6, 6.07) is 0. The molecule has 0 aromatic rings. The molecule has 2 aliphatic rings. The summed E-state index contributed by atoms with van der Waals surface area (Å²) < 4.78 is 10.6. The quantitative estimate of drug-likeness (QED) is 0.702. The molecule has 0 N–H and O–H groups in total. The van der Waals surface area contributed by atoms with Gasteiger partial charge in [0.25, 0.3) is 0 Å². The summed E-state index contributed by atoms with van der Waals surface area (Å²) in [6.07, 6.45) is 5.41. The lowest BCUT2D eigenvalue weighted by Crippen LogP contribution is -2.39. The Labute approximate surface area is 110 Å². The summed E-state index contributed by atoms with van der Waals surface area (Å²) >= 11 is 0. The standard InChI is InChI=1S/C14H25NO3/c1-17-8-3-6-14(16)15-7-9-18-11-13(10-15)12-4-2-5-12/h12-13H,2-11H2,1H3. The zero-order valence-electron chi connectivity index (χ0n) is 11.4. The molecule has 1 aliphatic heterocycles. The Morgan fingerprint density at radius 3 is 2.89 bits per heavy atom. The first-order valence-electron chi connectivity index (χ1n) is 7.15. The smallest absolute Gasteiger partial charge is 0.222 e. The second-order valence-corrected chi connectivity index (χ2v) is 5.46. The molecule has 0 aromatic heterocycles. The average molecular weight is 255 g/mol. The molecule has 1 aliphatic carbocycles. The van der Waals surface area contributed by atoms with Gasteiger partial charge in [0, 0.05) is 39.1 Å². The first kappa shape index (κ1) is 13.8. The summed E-state index contributed by atoms with van der Waals surface area (Å²) in [4.78, 5) is 14.1. The number of methoxy groups -OCH3 is 1. The maximum absolute atomic E-state index is 12.1. The van der Waals surface area contributed by atoms with E-state index in [1.165, 1.54) is 19.3 Å². The van der Waals surface area contributed by atoms with Crippen LogP contribution in [0.3, 0.4) is 0 Å². The van der Waals surface area contributed by atoms with E-state index in [2.05, 4.69) is 0 Å². The number of rotatable bonds is 5. The monoisotopic (exact) mass is 255 g/mol. The Kier molecular flexibility index (Phi) is 5.45. The van der Waals surface area contributed by atoms with Gasteiger partial charge < -0.3 is 14.4 Å². The van der Waals surface area contributed by atoms with Crippen molar-refractivity contribution in [3.8, 4) is 0 Å². The fraction of sp³-hybridized carbons (Fsp3) is 0.929. The zero-order valence-corrected chi connectivity index (χ0v) is 11.4. The molecule has 4 nitrogen and oxygen atoms in total. The molecule has 18 heavy (non-hydrogen) atoms. The highest BCUT2D eigenvalue weighted by Gasteiger charge is 2.31. The molecule has 1 unspecified atom stereocenters. The van der Waals surface area contributed by atoms with Gasteiger partial charge in [-0.25, -0.2) is 0 Å². The van der Waals surface area contributed by atoms with Gasteiger partial charge in [0.2, 0.25) is 5.91 Å². The molecule has 2 fully saturated rings. The molecule has 0 radical (unpaired) electrons. The summed E-state index contributed by atoms with van der Waals surface area (Å²) in [5.41, 5.74) is 0. The van der Waals surface area contributed by atoms with E-state index in [9.17, 15) is 4.79 Å². The van der Waals surface area contributed by atoms with Crippen molar-refractivity contribution < 1.29 is 14.3 Å². The fourth-order valence-corrected chi connectivity index (χ4v) is 2.79. The van der Waals surface area contributed by atoms with E-state index >= 15 is 0 Å². The van der Waals surface area contributed by atoms with Crippen molar-refractivity contribution >= 4 is 5.91 Å². The molecule has 1 amide bonds. The Morgan fingerprint density at radius 2 is 2.22 bits per heavy atom. The van der Waals surface area contributed by atoms with E-state index < -0.39 is 0 Å². The van der Waals surface area contributed by atoms with Gasteiger partial charge in [-0.05, 0) is 12.3 Å². The molecular formula is C14H25NO3. The SMILES string of the molecule is COCCCC(=O)N1CCOCC(C2CCC2)C1. The van der Waals surface area contributed by atoms with E-state index in [-0.39, 0.29) is 5.91 Å². The summed E-state index contributed by atoms with van der Waals surface area (Å²) in [5, 5.41) is 0. The molecule has 0 bridgehead atoms. The topological polar surface area (TPSA) is 38.8 Å².